The van der Waals surface area contributed by atoms with Crippen molar-refractivity contribution in [3.05, 3.63) is 50.2 Å². The summed E-state index contributed by atoms with van der Waals surface area (Å²) >= 11 is 15.3. The van der Waals surface area contributed by atoms with E-state index in [1.807, 2.05) is 6.92 Å². The first-order chi connectivity index (χ1) is 8.88. The van der Waals surface area contributed by atoms with Crippen LogP contribution in [0.2, 0.25) is 10.0 Å². The number of nitrogen functional groups attached to an aromatic ring is 1. The van der Waals surface area contributed by atoms with E-state index in [9.17, 15) is 4.39 Å². The molecule has 0 radical (unpaired) electrons. The molecule has 0 aromatic heterocycles. The summed E-state index contributed by atoms with van der Waals surface area (Å²) in [7, 11) is 0. The third-order valence-corrected chi connectivity index (χ3v) is 3.86. The molecule has 0 heterocycles. The molecule has 0 saturated heterocycles. The van der Waals surface area contributed by atoms with E-state index in [4.69, 9.17) is 28.9 Å². The van der Waals surface area contributed by atoms with Crippen LogP contribution in [0.25, 0.3) is 0 Å². The van der Waals surface area contributed by atoms with Gasteiger partial charge < -0.3 is 11.1 Å². The number of aryl methyl sites for hydroxylation is 1. The smallest absolute Gasteiger partial charge is 0.125 e. The van der Waals surface area contributed by atoms with Crippen LogP contribution in [0.5, 0.6) is 0 Å². The molecule has 0 saturated carbocycles. The zero-order valence-corrected chi connectivity index (χ0v) is 13.0. The predicted octanol–water partition coefficient (Wildman–Crippen LogP) is 5.53. The summed E-state index contributed by atoms with van der Waals surface area (Å²) in [6.07, 6.45) is 0. The average molecular weight is 364 g/mol. The van der Waals surface area contributed by atoms with Crippen LogP contribution in [-0.2, 0) is 0 Å². The van der Waals surface area contributed by atoms with Crippen LogP contribution < -0.4 is 11.1 Å². The first-order valence-electron chi connectivity index (χ1n) is 5.35. The Kier molecular flexibility index (Phi) is 4.23. The summed E-state index contributed by atoms with van der Waals surface area (Å²) in [6.45, 7) is 1.89. The molecule has 0 unspecified atom stereocenters. The average Bonchev–Trinajstić information content (AvgIpc) is 2.29. The van der Waals surface area contributed by atoms with Crippen molar-refractivity contribution in [3.8, 4) is 0 Å². The Hall–Kier alpha value is -0.970. The number of nitrogens with two attached hydrogens (primary N) is 1. The Morgan fingerprint density at radius 3 is 2.47 bits per heavy atom. The molecule has 3 N–H and O–H groups in total. The lowest BCUT2D eigenvalue weighted by Gasteiger charge is -2.14. The minimum atomic E-state index is -0.408. The van der Waals surface area contributed by atoms with Gasteiger partial charge in [0.2, 0.25) is 0 Å². The molecule has 0 fully saturated rings. The second kappa shape index (κ2) is 5.57. The van der Waals surface area contributed by atoms with E-state index in [1.165, 1.54) is 12.1 Å². The fraction of sp³-hybridized carbons (Fsp3) is 0.0769. The molecule has 0 aliphatic rings. The molecule has 0 spiro atoms. The van der Waals surface area contributed by atoms with Gasteiger partial charge in [0, 0.05) is 10.2 Å². The zero-order valence-electron chi connectivity index (χ0n) is 9.90. The highest BCUT2D eigenvalue weighted by Gasteiger charge is 2.11. The van der Waals surface area contributed by atoms with E-state index in [2.05, 4.69) is 21.2 Å². The number of anilines is 3. The van der Waals surface area contributed by atoms with Crippen LogP contribution >= 0.6 is 39.1 Å². The normalized spacial score (nSPS) is 10.6. The van der Waals surface area contributed by atoms with Gasteiger partial charge >= 0.3 is 0 Å². The van der Waals surface area contributed by atoms with Gasteiger partial charge in [-0.3, -0.25) is 0 Å². The molecule has 6 heteroatoms. The van der Waals surface area contributed by atoms with Gasteiger partial charge in [0.1, 0.15) is 5.82 Å². The second-order valence-electron chi connectivity index (χ2n) is 4.06. The summed E-state index contributed by atoms with van der Waals surface area (Å²) in [4.78, 5) is 0. The van der Waals surface area contributed by atoms with Crippen molar-refractivity contribution >= 4 is 56.2 Å². The van der Waals surface area contributed by atoms with Crippen molar-refractivity contribution in [2.75, 3.05) is 11.1 Å². The number of benzene rings is 2. The highest BCUT2D eigenvalue weighted by molar-refractivity contribution is 9.10. The summed E-state index contributed by atoms with van der Waals surface area (Å²) in [5.74, 6) is -0.408. The number of hydrogen-bond acceptors (Lipinski definition) is 2. The Balaban J connectivity index is 2.45. The van der Waals surface area contributed by atoms with Crippen LogP contribution in [0.3, 0.4) is 0 Å². The van der Waals surface area contributed by atoms with Crippen molar-refractivity contribution in [3.63, 3.8) is 0 Å². The van der Waals surface area contributed by atoms with Gasteiger partial charge in [-0.25, -0.2) is 4.39 Å². The maximum absolute atomic E-state index is 13.2. The molecule has 100 valence electrons. The fourth-order valence-electron chi connectivity index (χ4n) is 1.63. The van der Waals surface area contributed by atoms with E-state index >= 15 is 0 Å². The van der Waals surface area contributed by atoms with Crippen molar-refractivity contribution in [2.24, 2.45) is 0 Å². The van der Waals surface area contributed by atoms with Gasteiger partial charge in [-0.05, 0) is 52.7 Å². The fourth-order valence-corrected chi connectivity index (χ4v) is 2.70. The first kappa shape index (κ1) is 14.4. The Morgan fingerprint density at radius 1 is 1.16 bits per heavy atom. The molecular weight excluding hydrogens is 354 g/mol. The van der Waals surface area contributed by atoms with E-state index in [1.54, 1.807) is 12.1 Å². The molecule has 2 rings (SSSR count). The zero-order chi connectivity index (χ0) is 14.2. The summed E-state index contributed by atoms with van der Waals surface area (Å²) in [5, 5.41) is 3.84. The van der Waals surface area contributed by atoms with Crippen LogP contribution in [-0.4, -0.2) is 0 Å². The summed E-state index contributed by atoms with van der Waals surface area (Å²) < 4.78 is 13.7. The molecule has 19 heavy (non-hydrogen) atoms. The topological polar surface area (TPSA) is 38.0 Å². The second-order valence-corrected chi connectivity index (χ2v) is 5.73. The van der Waals surface area contributed by atoms with Gasteiger partial charge in [0.05, 0.1) is 21.4 Å². The van der Waals surface area contributed by atoms with Crippen LogP contribution in [0, 0.1) is 12.7 Å². The van der Waals surface area contributed by atoms with Crippen LogP contribution in [0.1, 0.15) is 5.56 Å². The van der Waals surface area contributed by atoms with Crippen molar-refractivity contribution < 1.29 is 4.39 Å². The van der Waals surface area contributed by atoms with E-state index < -0.39 is 5.82 Å². The monoisotopic (exact) mass is 362 g/mol. The van der Waals surface area contributed by atoms with Gasteiger partial charge in [-0.1, -0.05) is 23.2 Å². The van der Waals surface area contributed by atoms with Gasteiger partial charge in [0.25, 0.3) is 0 Å². The van der Waals surface area contributed by atoms with Crippen molar-refractivity contribution in [1.29, 1.82) is 0 Å². The standard InChI is InChI=1S/C13H10BrCl2FN2/c1-6-2-11(18)9(15)5-12(6)19-13-8(14)3-7(17)4-10(13)16/h2-5,19H,18H2,1H3. The first-order valence-corrected chi connectivity index (χ1v) is 6.90. The van der Waals surface area contributed by atoms with Crippen molar-refractivity contribution in [2.45, 2.75) is 6.92 Å². The van der Waals surface area contributed by atoms with E-state index in [0.29, 0.717) is 20.9 Å². The van der Waals surface area contributed by atoms with Crippen LogP contribution in [0.4, 0.5) is 21.5 Å². The maximum Gasteiger partial charge on any atom is 0.125 e. The minimum absolute atomic E-state index is 0.277. The van der Waals surface area contributed by atoms with Crippen molar-refractivity contribution in [1.82, 2.24) is 0 Å². The largest absolute Gasteiger partial charge is 0.398 e. The molecule has 0 aliphatic heterocycles. The van der Waals surface area contributed by atoms with E-state index in [0.717, 1.165) is 11.3 Å². The molecule has 2 aromatic carbocycles. The SMILES string of the molecule is Cc1cc(N)c(Cl)cc1Nc1c(Cl)cc(F)cc1Br. The molecular formula is C13H10BrCl2FN2. The third kappa shape index (κ3) is 3.14. The van der Waals surface area contributed by atoms with Gasteiger partial charge in [-0.15, -0.1) is 0 Å². The Morgan fingerprint density at radius 2 is 1.84 bits per heavy atom. The number of nitrogens with one attached hydrogen (secondary N) is 1. The molecule has 2 aromatic rings. The predicted molar refractivity (Wildman–Crippen MR) is 83.0 cm³/mol. The summed E-state index contributed by atoms with van der Waals surface area (Å²) in [5.41, 5.74) is 8.47. The lowest BCUT2D eigenvalue weighted by Crippen LogP contribution is -1.98. The van der Waals surface area contributed by atoms with Gasteiger partial charge in [0.15, 0.2) is 0 Å². The molecule has 0 atom stereocenters. The molecule has 0 aliphatic carbocycles. The molecule has 2 nitrogen and oxygen atoms in total. The van der Waals surface area contributed by atoms with Crippen LogP contribution in [0.15, 0.2) is 28.7 Å². The lowest BCUT2D eigenvalue weighted by atomic mass is 10.1. The Bertz CT molecular complexity index is 624. The minimum Gasteiger partial charge on any atom is -0.398 e. The number of rotatable bonds is 2. The number of halogens is 4. The molecule has 0 amide bonds. The van der Waals surface area contributed by atoms with E-state index in [-0.39, 0.29) is 5.02 Å². The number of hydrogen-bond donors (Lipinski definition) is 2. The highest BCUT2D eigenvalue weighted by Crippen LogP contribution is 2.36. The quantitative estimate of drug-likeness (QED) is 0.688. The summed E-state index contributed by atoms with van der Waals surface area (Å²) in [6, 6.07) is 6.04. The lowest BCUT2D eigenvalue weighted by molar-refractivity contribution is 0.627. The maximum atomic E-state index is 13.2. The molecule has 0 bridgehead atoms. The van der Waals surface area contributed by atoms with Gasteiger partial charge in [-0.2, -0.15) is 0 Å². The highest BCUT2D eigenvalue weighted by atomic mass is 79.9. The third-order valence-electron chi connectivity index (χ3n) is 2.61. The Labute approximate surface area is 128 Å².